The highest BCUT2D eigenvalue weighted by Gasteiger charge is 2.43. The molecule has 0 fully saturated rings. The van der Waals surface area contributed by atoms with Gasteiger partial charge in [-0.2, -0.15) is 4.98 Å². The lowest BCUT2D eigenvalue weighted by molar-refractivity contribution is -0.192. The first kappa shape index (κ1) is 41.8. The summed E-state index contributed by atoms with van der Waals surface area (Å²) in [5.74, 6) is -1.23. The average molecular weight is 805 g/mol. The summed E-state index contributed by atoms with van der Waals surface area (Å²) >= 11 is 0. The first-order chi connectivity index (χ1) is 28.2. The number of aromatic amines is 1. The molecule has 2 aliphatic heterocycles. The molecular formula is C44H44N4O11. The van der Waals surface area contributed by atoms with Crippen molar-refractivity contribution in [3.8, 4) is 23.0 Å². The van der Waals surface area contributed by atoms with Gasteiger partial charge in [0.2, 0.25) is 0 Å². The predicted molar refractivity (Wildman–Crippen MR) is 215 cm³/mol. The highest BCUT2D eigenvalue weighted by molar-refractivity contribution is 5.81. The van der Waals surface area contributed by atoms with Gasteiger partial charge in [0.05, 0.1) is 38.4 Å². The fraction of sp³-hybridized carbons (Fsp3) is 0.295. The number of hydrogen-bond acceptors (Lipinski definition) is 13. The van der Waals surface area contributed by atoms with E-state index in [2.05, 4.69) is 15.0 Å². The highest BCUT2D eigenvalue weighted by atomic mass is 16.6. The second-order valence-corrected chi connectivity index (χ2v) is 13.9. The van der Waals surface area contributed by atoms with Crippen LogP contribution in [0.4, 0.5) is 0 Å². The minimum Gasteiger partial charge on any atom is -0.497 e. The Kier molecular flexibility index (Phi) is 12.5. The molecule has 0 radical (unpaired) electrons. The number of nitrogens with zero attached hydrogens (tertiary/aromatic N) is 3. The quantitative estimate of drug-likeness (QED) is 0.0632. The van der Waals surface area contributed by atoms with Gasteiger partial charge in [-0.3, -0.25) is 24.2 Å². The molecule has 3 atom stereocenters. The number of carbonyl (C=O) groups excluding carboxylic acids is 3. The van der Waals surface area contributed by atoms with Crippen LogP contribution in [0.3, 0.4) is 0 Å². The van der Waals surface area contributed by atoms with E-state index in [9.17, 15) is 24.0 Å². The molecule has 0 amide bonds. The minimum atomic E-state index is -1.52. The summed E-state index contributed by atoms with van der Waals surface area (Å²) in [7, 11) is 3.12. The van der Waals surface area contributed by atoms with Gasteiger partial charge in [0.15, 0.2) is 29.8 Å². The number of benzene rings is 4. The molecule has 4 aromatic rings. The fourth-order valence-corrected chi connectivity index (χ4v) is 7.11. The van der Waals surface area contributed by atoms with E-state index in [-0.39, 0.29) is 18.1 Å². The van der Waals surface area contributed by atoms with Gasteiger partial charge in [-0.1, -0.05) is 54.6 Å². The van der Waals surface area contributed by atoms with Crippen molar-refractivity contribution in [1.29, 1.82) is 0 Å². The number of methoxy groups -OCH3 is 2. The SMILES string of the molecule is COc1ccc(C(OC[C@@H](OC(C)=O)[C@@H](OC(C)=O)[C@H](Cn2c3nc(=O)[nH]c(=O)c-3nc3cc(C)c(C)cc32)OC(C)=O)(c2ccccc2)c2ccc(OC)cc2)cc1. The van der Waals surface area contributed by atoms with Crippen molar-refractivity contribution < 1.29 is 42.8 Å². The van der Waals surface area contributed by atoms with Crippen molar-refractivity contribution in [2.24, 2.45) is 0 Å². The van der Waals surface area contributed by atoms with Gasteiger partial charge in [0.25, 0.3) is 5.56 Å². The maximum absolute atomic E-state index is 13.1. The fourth-order valence-electron chi connectivity index (χ4n) is 7.11. The molecule has 4 aromatic carbocycles. The predicted octanol–water partition coefficient (Wildman–Crippen LogP) is 5.02. The van der Waals surface area contributed by atoms with Crippen LogP contribution < -0.4 is 20.7 Å². The van der Waals surface area contributed by atoms with Gasteiger partial charge in [0.1, 0.15) is 17.1 Å². The molecule has 0 saturated heterocycles. The molecule has 15 heteroatoms. The molecule has 59 heavy (non-hydrogen) atoms. The van der Waals surface area contributed by atoms with Gasteiger partial charge in [0, 0.05) is 20.8 Å². The van der Waals surface area contributed by atoms with Gasteiger partial charge in [-0.25, -0.2) is 9.78 Å². The van der Waals surface area contributed by atoms with Crippen molar-refractivity contribution >= 4 is 28.9 Å². The molecule has 0 saturated carbocycles. The lowest BCUT2D eigenvalue weighted by Gasteiger charge is -2.39. The zero-order valence-electron chi connectivity index (χ0n) is 33.6. The highest BCUT2D eigenvalue weighted by Crippen LogP contribution is 2.42. The molecule has 2 heterocycles. The molecule has 0 unspecified atom stereocenters. The van der Waals surface area contributed by atoms with Gasteiger partial charge < -0.3 is 33.0 Å². The molecular weight excluding hydrogens is 761 g/mol. The van der Waals surface area contributed by atoms with Crippen molar-refractivity contribution in [1.82, 2.24) is 19.5 Å². The second-order valence-electron chi connectivity index (χ2n) is 13.9. The zero-order valence-corrected chi connectivity index (χ0v) is 33.6. The molecule has 0 spiro atoms. The van der Waals surface area contributed by atoms with E-state index in [1.54, 1.807) is 50.6 Å². The van der Waals surface area contributed by atoms with Crippen LogP contribution in [-0.2, 0) is 45.5 Å². The lowest BCUT2D eigenvalue weighted by atomic mass is 9.80. The summed E-state index contributed by atoms with van der Waals surface area (Å²) in [5.41, 5.74) is 1.29. The number of H-pyrrole nitrogens is 1. The number of aryl methyl sites for hydroxylation is 2. The Bertz CT molecular complexity index is 2500. The Morgan fingerprint density at radius 2 is 1.22 bits per heavy atom. The number of rotatable bonds is 15. The molecule has 1 N–H and O–H groups in total. The molecule has 0 aromatic heterocycles. The number of hydrogen-bond donors (Lipinski definition) is 1. The Morgan fingerprint density at radius 3 is 1.76 bits per heavy atom. The first-order valence-corrected chi connectivity index (χ1v) is 18.7. The first-order valence-electron chi connectivity index (χ1n) is 18.7. The van der Waals surface area contributed by atoms with E-state index < -0.39 is 59.7 Å². The van der Waals surface area contributed by atoms with Crippen LogP contribution >= 0.6 is 0 Å². The maximum Gasteiger partial charge on any atom is 0.349 e. The third kappa shape index (κ3) is 9.00. The molecule has 15 nitrogen and oxygen atoms in total. The van der Waals surface area contributed by atoms with Crippen LogP contribution in [-0.4, -0.2) is 76.6 Å². The number of aromatic nitrogens is 4. The monoisotopic (exact) mass is 804 g/mol. The zero-order chi connectivity index (χ0) is 42.4. The third-order valence-corrected chi connectivity index (χ3v) is 9.89. The summed E-state index contributed by atoms with van der Waals surface area (Å²) < 4.78 is 37.2. The number of carbonyl (C=O) groups is 3. The number of nitrogens with one attached hydrogen (secondary N) is 1. The van der Waals surface area contributed by atoms with E-state index in [4.69, 9.17) is 28.4 Å². The van der Waals surface area contributed by atoms with Gasteiger partial charge in [-0.05, 0) is 78.1 Å². The van der Waals surface area contributed by atoms with E-state index in [1.807, 2.05) is 68.4 Å². The summed E-state index contributed by atoms with van der Waals surface area (Å²) in [5, 5.41) is 0. The normalized spacial score (nSPS) is 13.0. The number of ether oxygens (including phenoxy) is 6. The van der Waals surface area contributed by atoms with Crippen LogP contribution in [0.15, 0.2) is 101 Å². The van der Waals surface area contributed by atoms with Crippen molar-refractivity contribution in [2.45, 2.75) is 65.1 Å². The van der Waals surface area contributed by atoms with E-state index in [1.165, 1.54) is 18.4 Å². The van der Waals surface area contributed by atoms with E-state index in [0.717, 1.165) is 18.1 Å². The largest absolute Gasteiger partial charge is 0.497 e. The van der Waals surface area contributed by atoms with Crippen LogP contribution in [0.5, 0.6) is 11.5 Å². The summed E-state index contributed by atoms with van der Waals surface area (Å²) in [4.78, 5) is 75.4. The van der Waals surface area contributed by atoms with E-state index >= 15 is 0 Å². The maximum atomic E-state index is 13.1. The van der Waals surface area contributed by atoms with Crippen LogP contribution in [0.25, 0.3) is 22.6 Å². The summed E-state index contributed by atoms with van der Waals surface area (Å²) in [6.07, 6.45) is -4.36. The van der Waals surface area contributed by atoms with Crippen LogP contribution in [0.1, 0.15) is 48.6 Å². The van der Waals surface area contributed by atoms with E-state index in [0.29, 0.717) is 39.2 Å². The number of esters is 3. The van der Waals surface area contributed by atoms with Crippen molar-refractivity contribution in [3.63, 3.8) is 0 Å². The summed E-state index contributed by atoms with van der Waals surface area (Å²) in [6.45, 7) is 6.50. The Morgan fingerprint density at radius 1 is 0.695 bits per heavy atom. The molecule has 6 rings (SSSR count). The molecule has 0 bridgehead atoms. The molecule has 0 aliphatic carbocycles. The standard InChI is InChI=1S/C44H44N4O11/c1-25-21-35-36(22-26(25)2)48(41-39(45-35)42(52)47-43(53)46-41)23-37(57-27(3)49)40(59-29(5)51)38(58-28(4)50)24-56-44(30-11-9-8-10-12-30,31-13-17-33(54-6)18-14-31)32-15-19-34(55-7)20-16-32/h8-22,37-38,40H,23-24H2,1-7H3,(H,47,52,53)/t37-,38+,40-/m0/s1. The number of fused-ring (bicyclic) bond motifs is 2. The average Bonchev–Trinajstić information content (AvgIpc) is 3.21. The Labute approximate surface area is 339 Å². The minimum absolute atomic E-state index is 0.115. The van der Waals surface area contributed by atoms with Crippen molar-refractivity contribution in [3.05, 3.63) is 140 Å². The smallest absolute Gasteiger partial charge is 0.349 e. The van der Waals surface area contributed by atoms with Gasteiger partial charge in [-0.15, -0.1) is 0 Å². The van der Waals surface area contributed by atoms with Crippen molar-refractivity contribution in [2.75, 3.05) is 20.8 Å². The van der Waals surface area contributed by atoms with Gasteiger partial charge >= 0.3 is 23.6 Å². The van der Waals surface area contributed by atoms with Crippen LogP contribution in [0, 0.1) is 13.8 Å². The topological polar surface area (TPSA) is 187 Å². The Balaban J connectivity index is 1.54. The molecule has 2 aliphatic rings. The van der Waals surface area contributed by atoms with Crippen LogP contribution in [0.2, 0.25) is 0 Å². The Hall–Kier alpha value is -6.87. The second kappa shape index (κ2) is 17.7. The third-order valence-electron chi connectivity index (χ3n) is 9.89. The summed E-state index contributed by atoms with van der Waals surface area (Å²) in [6, 6.07) is 27.5. The molecule has 306 valence electrons. The lowest BCUT2D eigenvalue weighted by Crippen LogP contribution is -2.50.